The predicted molar refractivity (Wildman–Crippen MR) is 113 cm³/mol. The number of ether oxygens (including phenoxy) is 2. The molecule has 0 spiro atoms. The van der Waals surface area contributed by atoms with Gasteiger partial charge in [0.15, 0.2) is 5.43 Å². The molecule has 0 aliphatic carbocycles. The van der Waals surface area contributed by atoms with Crippen molar-refractivity contribution in [1.82, 2.24) is 4.90 Å². The lowest BCUT2D eigenvalue weighted by Crippen LogP contribution is -3.06. The number of rotatable bonds is 6. The number of hydrogen-bond donors (Lipinski definition) is 1. The van der Waals surface area contributed by atoms with Crippen LogP contribution >= 0.6 is 0 Å². The maximum atomic E-state index is 13.5. The molecule has 0 unspecified atom stereocenters. The van der Waals surface area contributed by atoms with E-state index in [1.165, 1.54) is 4.90 Å². The molecule has 0 fully saturated rings. The third-order valence-corrected chi connectivity index (χ3v) is 5.46. The van der Waals surface area contributed by atoms with Gasteiger partial charge in [-0.2, -0.15) is 0 Å². The van der Waals surface area contributed by atoms with Gasteiger partial charge in [-0.3, -0.25) is 9.59 Å². The molecule has 0 radical (unpaired) electrons. The van der Waals surface area contributed by atoms with Crippen LogP contribution in [0, 0.1) is 0 Å². The lowest BCUT2D eigenvalue weighted by atomic mass is 9.97. The fourth-order valence-corrected chi connectivity index (χ4v) is 3.92. The van der Waals surface area contributed by atoms with E-state index in [0.717, 1.165) is 6.54 Å². The van der Waals surface area contributed by atoms with Crippen molar-refractivity contribution in [1.29, 1.82) is 0 Å². The number of fused-ring (bicyclic) bond motifs is 2. The minimum Gasteiger partial charge on any atom is -0.497 e. The molecule has 7 heteroatoms. The van der Waals surface area contributed by atoms with Gasteiger partial charge in [-0.1, -0.05) is 12.1 Å². The van der Waals surface area contributed by atoms with Crippen molar-refractivity contribution < 1.29 is 23.6 Å². The normalized spacial score (nSPS) is 15.7. The summed E-state index contributed by atoms with van der Waals surface area (Å²) >= 11 is 0. The third-order valence-electron chi connectivity index (χ3n) is 5.46. The molecule has 7 nitrogen and oxygen atoms in total. The zero-order valence-electron chi connectivity index (χ0n) is 17.5. The van der Waals surface area contributed by atoms with Crippen LogP contribution in [0.3, 0.4) is 0 Å². The molecule has 2 heterocycles. The number of para-hydroxylation sites is 1. The summed E-state index contributed by atoms with van der Waals surface area (Å²) in [6, 6.07) is 11.8. The van der Waals surface area contributed by atoms with Crippen molar-refractivity contribution in [3.63, 3.8) is 0 Å². The van der Waals surface area contributed by atoms with Gasteiger partial charge < -0.3 is 23.7 Å². The van der Waals surface area contributed by atoms with Crippen LogP contribution in [0.15, 0.2) is 51.7 Å². The van der Waals surface area contributed by atoms with Gasteiger partial charge in [-0.25, -0.2) is 0 Å². The molecule has 4 rings (SSSR count). The second kappa shape index (κ2) is 7.84. The number of carbonyl (C=O) groups is 1. The van der Waals surface area contributed by atoms with Gasteiger partial charge in [0.25, 0.3) is 5.91 Å². The lowest BCUT2D eigenvalue weighted by molar-refractivity contribution is -0.857. The van der Waals surface area contributed by atoms with Crippen LogP contribution in [0.1, 0.15) is 27.7 Å². The molecule has 0 saturated heterocycles. The summed E-state index contributed by atoms with van der Waals surface area (Å²) in [5.41, 5.74) is 1.25. The molecule has 0 saturated carbocycles. The quantitative estimate of drug-likeness (QED) is 0.668. The second-order valence-electron chi connectivity index (χ2n) is 7.64. The van der Waals surface area contributed by atoms with E-state index < -0.39 is 6.04 Å². The highest BCUT2D eigenvalue weighted by molar-refractivity contribution is 5.99. The number of nitrogens with one attached hydrogen (secondary N) is 1. The molecule has 1 atom stereocenters. The Morgan fingerprint density at radius 1 is 1.07 bits per heavy atom. The van der Waals surface area contributed by atoms with Crippen LogP contribution in [0.25, 0.3) is 11.0 Å². The van der Waals surface area contributed by atoms with E-state index in [4.69, 9.17) is 13.9 Å². The maximum Gasteiger partial charge on any atom is 0.291 e. The first-order valence-electron chi connectivity index (χ1n) is 9.84. The molecule has 3 aromatic rings. The molecule has 1 aliphatic heterocycles. The molecular formula is C23H25N2O5+. The fourth-order valence-electron chi connectivity index (χ4n) is 3.92. The van der Waals surface area contributed by atoms with E-state index in [1.54, 1.807) is 55.5 Å². The fraction of sp³-hybridized carbons (Fsp3) is 0.304. The van der Waals surface area contributed by atoms with Crippen molar-refractivity contribution in [3.05, 3.63) is 69.6 Å². The number of methoxy groups -OCH3 is 2. The number of amides is 1. The lowest BCUT2D eigenvalue weighted by Gasteiger charge is -2.27. The Bertz CT molecular complexity index is 1170. The summed E-state index contributed by atoms with van der Waals surface area (Å²) in [5.74, 6) is 1.01. The van der Waals surface area contributed by atoms with Crippen LogP contribution in [0.4, 0.5) is 0 Å². The SMILES string of the molecule is COc1ccc(OC)c([C@@H]2c3c(oc4ccccc4c3=O)C(=O)N2CC[NH+](C)C)c1. The van der Waals surface area contributed by atoms with Crippen molar-refractivity contribution in [3.8, 4) is 11.5 Å². The van der Waals surface area contributed by atoms with Crippen LogP contribution in [-0.4, -0.2) is 52.2 Å². The second-order valence-corrected chi connectivity index (χ2v) is 7.64. The molecule has 1 aliphatic rings. The molecule has 2 aromatic carbocycles. The zero-order chi connectivity index (χ0) is 21.4. The molecule has 30 heavy (non-hydrogen) atoms. The summed E-state index contributed by atoms with van der Waals surface area (Å²) in [6.45, 7) is 1.18. The number of hydrogen-bond acceptors (Lipinski definition) is 5. The largest absolute Gasteiger partial charge is 0.497 e. The average molecular weight is 409 g/mol. The minimum absolute atomic E-state index is 0.0994. The average Bonchev–Trinajstić information content (AvgIpc) is 3.03. The standard InChI is InChI=1S/C23H24N2O5/c1-24(2)11-12-25-20(16-13-14(28-3)9-10-17(16)29-4)19-21(26)15-7-5-6-8-18(15)30-22(19)23(25)27/h5-10,13,20H,11-12H2,1-4H3/p+1/t20-/m1/s1. The van der Waals surface area contributed by atoms with Crippen molar-refractivity contribution in [2.75, 3.05) is 41.4 Å². The van der Waals surface area contributed by atoms with E-state index in [2.05, 4.69) is 0 Å². The van der Waals surface area contributed by atoms with E-state index in [-0.39, 0.29) is 17.1 Å². The van der Waals surface area contributed by atoms with Crippen LogP contribution in [-0.2, 0) is 0 Å². The van der Waals surface area contributed by atoms with Crippen LogP contribution in [0.2, 0.25) is 0 Å². The highest BCUT2D eigenvalue weighted by atomic mass is 16.5. The van der Waals surface area contributed by atoms with E-state index in [1.807, 2.05) is 20.2 Å². The minimum atomic E-state index is -0.613. The number of benzene rings is 2. The zero-order valence-corrected chi connectivity index (χ0v) is 17.5. The first-order chi connectivity index (χ1) is 14.5. The van der Waals surface area contributed by atoms with Gasteiger partial charge in [-0.15, -0.1) is 0 Å². The summed E-state index contributed by atoms with van der Waals surface area (Å²) in [4.78, 5) is 29.7. The monoisotopic (exact) mass is 409 g/mol. The molecule has 1 aromatic heterocycles. The van der Waals surface area contributed by atoms with Crippen LogP contribution in [0.5, 0.6) is 11.5 Å². The third kappa shape index (κ3) is 3.21. The Morgan fingerprint density at radius 2 is 1.83 bits per heavy atom. The van der Waals surface area contributed by atoms with Crippen molar-refractivity contribution in [2.45, 2.75) is 6.04 Å². The van der Waals surface area contributed by atoms with E-state index >= 15 is 0 Å². The number of carbonyl (C=O) groups excluding carboxylic acids is 1. The smallest absolute Gasteiger partial charge is 0.291 e. The topological polar surface area (TPSA) is 73.4 Å². The van der Waals surface area contributed by atoms with Gasteiger partial charge >= 0.3 is 0 Å². The van der Waals surface area contributed by atoms with Gasteiger partial charge in [0.2, 0.25) is 5.76 Å². The highest BCUT2D eigenvalue weighted by Crippen LogP contribution is 2.42. The predicted octanol–water partition coefficient (Wildman–Crippen LogP) is 1.50. The summed E-state index contributed by atoms with van der Waals surface area (Å²) < 4.78 is 16.9. The van der Waals surface area contributed by atoms with Gasteiger partial charge in [0.1, 0.15) is 17.1 Å². The molecule has 0 bridgehead atoms. The van der Waals surface area contributed by atoms with E-state index in [9.17, 15) is 9.59 Å². The van der Waals surface area contributed by atoms with E-state index in [0.29, 0.717) is 40.1 Å². The van der Waals surface area contributed by atoms with Crippen molar-refractivity contribution >= 4 is 16.9 Å². The molecular weight excluding hydrogens is 384 g/mol. The summed E-state index contributed by atoms with van der Waals surface area (Å²) in [7, 11) is 7.19. The van der Waals surface area contributed by atoms with Crippen LogP contribution < -0.4 is 19.8 Å². The number of quaternary nitrogens is 1. The Kier molecular flexibility index (Phi) is 5.22. The highest BCUT2D eigenvalue weighted by Gasteiger charge is 2.44. The molecule has 156 valence electrons. The number of nitrogens with zero attached hydrogens (tertiary/aromatic N) is 1. The maximum absolute atomic E-state index is 13.5. The van der Waals surface area contributed by atoms with Gasteiger partial charge in [-0.05, 0) is 30.3 Å². The summed E-state index contributed by atoms with van der Waals surface area (Å²) in [6.07, 6.45) is 0. The molecule has 1 N–H and O–H groups in total. The molecule has 1 amide bonds. The Morgan fingerprint density at radius 3 is 2.53 bits per heavy atom. The Balaban J connectivity index is 1.98. The Labute approximate surface area is 174 Å². The number of likely N-dealkylation sites (N-methyl/N-ethyl adjacent to an activating group) is 1. The van der Waals surface area contributed by atoms with Gasteiger partial charge in [0.05, 0.1) is 58.4 Å². The van der Waals surface area contributed by atoms with Gasteiger partial charge in [0, 0.05) is 5.56 Å². The Hall–Kier alpha value is -3.32. The van der Waals surface area contributed by atoms with Crippen molar-refractivity contribution in [2.24, 2.45) is 0 Å². The summed E-state index contributed by atoms with van der Waals surface area (Å²) in [5, 5.41) is 0.455. The first-order valence-corrected chi connectivity index (χ1v) is 9.84. The first kappa shape index (κ1) is 20.0.